The van der Waals surface area contributed by atoms with Crippen molar-refractivity contribution in [1.29, 1.82) is 0 Å². The van der Waals surface area contributed by atoms with Crippen molar-refractivity contribution in [3.63, 3.8) is 0 Å². The lowest BCUT2D eigenvalue weighted by atomic mass is 9.83. The summed E-state index contributed by atoms with van der Waals surface area (Å²) in [6.07, 6.45) is 0. The molecule has 0 nitrogen and oxygen atoms in total. The molecule has 1 aliphatic rings. The number of halogens is 1. The first kappa shape index (κ1) is 14.9. The van der Waals surface area contributed by atoms with Crippen LogP contribution >= 0.6 is 15.9 Å². The summed E-state index contributed by atoms with van der Waals surface area (Å²) in [5.74, 6) is 0.271. The predicted octanol–water partition coefficient (Wildman–Crippen LogP) is 7.07. The molecule has 120 valence electrons. The Morgan fingerprint density at radius 2 is 1.44 bits per heavy atom. The predicted molar refractivity (Wildman–Crippen MR) is 109 cm³/mol. The van der Waals surface area contributed by atoms with Crippen LogP contribution < -0.4 is 0 Å². The molecule has 0 bridgehead atoms. The van der Waals surface area contributed by atoms with Crippen LogP contribution in [0.15, 0.2) is 83.3 Å². The topological polar surface area (TPSA) is 0 Å². The average molecular weight is 385 g/mol. The summed E-state index contributed by atoms with van der Waals surface area (Å²) in [7, 11) is 0. The second-order valence-corrected chi connectivity index (χ2v) is 7.59. The average Bonchev–Trinajstić information content (AvgIpc) is 2.98. The number of hydrogen-bond acceptors (Lipinski definition) is 0. The summed E-state index contributed by atoms with van der Waals surface area (Å²) in [5.41, 5.74) is 8.28. The largest absolute Gasteiger partial charge is 0.0619 e. The molecule has 0 saturated heterocycles. The van der Waals surface area contributed by atoms with Gasteiger partial charge in [-0.25, -0.2) is 0 Å². The van der Waals surface area contributed by atoms with Crippen LogP contribution in [0.4, 0.5) is 0 Å². The summed E-state index contributed by atoms with van der Waals surface area (Å²) in [5, 5.41) is 2.66. The fraction of sp³-hybridized carbons (Fsp3) is 0.0833. The molecule has 0 amide bonds. The van der Waals surface area contributed by atoms with Crippen LogP contribution in [0, 0.1) is 6.92 Å². The van der Waals surface area contributed by atoms with E-state index in [9.17, 15) is 0 Å². The number of hydrogen-bond donors (Lipinski definition) is 0. The standard InChI is InChI=1S/C24H17Br/c1-15-13-14-16-7-2-3-8-17(16)22(15)24-20-10-5-4-9-18(20)19-11-6-12-21(25)23(19)24/h2-14,24H,1H3. The maximum atomic E-state index is 3.83. The Morgan fingerprint density at radius 3 is 2.36 bits per heavy atom. The normalized spacial score (nSPS) is 15.2. The monoisotopic (exact) mass is 384 g/mol. The Balaban J connectivity index is 1.92. The van der Waals surface area contributed by atoms with Gasteiger partial charge >= 0.3 is 0 Å². The van der Waals surface area contributed by atoms with Crippen molar-refractivity contribution < 1.29 is 0 Å². The van der Waals surface area contributed by atoms with Gasteiger partial charge in [0.25, 0.3) is 0 Å². The zero-order chi connectivity index (χ0) is 17.0. The lowest BCUT2D eigenvalue weighted by Crippen LogP contribution is -2.03. The smallest absolute Gasteiger partial charge is 0.0372 e. The van der Waals surface area contributed by atoms with Crippen LogP contribution in [0.25, 0.3) is 21.9 Å². The van der Waals surface area contributed by atoms with E-state index >= 15 is 0 Å². The van der Waals surface area contributed by atoms with Gasteiger partial charge in [-0.1, -0.05) is 88.7 Å². The van der Waals surface area contributed by atoms with Crippen LogP contribution in [0.5, 0.6) is 0 Å². The van der Waals surface area contributed by atoms with Gasteiger partial charge in [0, 0.05) is 10.4 Å². The molecule has 0 aromatic heterocycles. The first-order valence-electron chi connectivity index (χ1n) is 8.61. The van der Waals surface area contributed by atoms with Crippen LogP contribution in [-0.2, 0) is 0 Å². The Bertz CT molecular complexity index is 1120. The lowest BCUT2D eigenvalue weighted by molar-refractivity contribution is 1.00. The maximum absolute atomic E-state index is 3.83. The van der Waals surface area contributed by atoms with Crippen molar-refractivity contribution in [2.75, 3.05) is 0 Å². The van der Waals surface area contributed by atoms with Crippen molar-refractivity contribution in [3.05, 3.63) is 106 Å². The molecular formula is C24H17Br. The maximum Gasteiger partial charge on any atom is 0.0372 e. The molecule has 0 radical (unpaired) electrons. The van der Waals surface area contributed by atoms with Crippen molar-refractivity contribution in [2.24, 2.45) is 0 Å². The summed E-state index contributed by atoms with van der Waals surface area (Å²) >= 11 is 3.83. The number of fused-ring (bicyclic) bond motifs is 4. The highest BCUT2D eigenvalue weighted by Crippen LogP contribution is 2.52. The van der Waals surface area contributed by atoms with Crippen molar-refractivity contribution in [3.8, 4) is 11.1 Å². The SMILES string of the molecule is Cc1ccc2ccccc2c1C1c2ccccc2-c2cccc(Br)c21. The summed E-state index contributed by atoms with van der Waals surface area (Å²) in [6.45, 7) is 2.24. The Kier molecular flexibility index (Phi) is 3.33. The summed E-state index contributed by atoms with van der Waals surface area (Å²) in [6, 6.07) is 28.6. The van der Waals surface area contributed by atoms with Crippen LogP contribution in [0.2, 0.25) is 0 Å². The minimum Gasteiger partial charge on any atom is -0.0619 e. The van der Waals surface area contributed by atoms with E-state index in [4.69, 9.17) is 0 Å². The molecule has 1 aliphatic carbocycles. The van der Waals surface area contributed by atoms with E-state index in [0.717, 1.165) is 0 Å². The molecule has 5 rings (SSSR count). The molecule has 1 atom stereocenters. The van der Waals surface area contributed by atoms with E-state index in [-0.39, 0.29) is 5.92 Å². The van der Waals surface area contributed by atoms with Gasteiger partial charge in [-0.15, -0.1) is 0 Å². The number of rotatable bonds is 1. The highest BCUT2D eigenvalue weighted by molar-refractivity contribution is 9.10. The quantitative estimate of drug-likeness (QED) is 0.289. The molecule has 25 heavy (non-hydrogen) atoms. The van der Waals surface area contributed by atoms with E-state index in [1.54, 1.807) is 0 Å². The van der Waals surface area contributed by atoms with E-state index in [0.29, 0.717) is 0 Å². The fourth-order valence-electron chi connectivity index (χ4n) is 4.30. The molecule has 4 aromatic rings. The van der Waals surface area contributed by atoms with Gasteiger partial charge in [-0.2, -0.15) is 0 Å². The molecule has 0 N–H and O–H groups in total. The molecule has 0 saturated carbocycles. The molecule has 0 heterocycles. The number of benzene rings is 4. The molecular weight excluding hydrogens is 368 g/mol. The van der Waals surface area contributed by atoms with Crippen molar-refractivity contribution in [1.82, 2.24) is 0 Å². The van der Waals surface area contributed by atoms with Gasteiger partial charge in [0.2, 0.25) is 0 Å². The summed E-state index contributed by atoms with van der Waals surface area (Å²) < 4.78 is 1.19. The van der Waals surface area contributed by atoms with Crippen molar-refractivity contribution >= 4 is 26.7 Å². The molecule has 4 aromatic carbocycles. The first-order chi connectivity index (χ1) is 12.3. The molecule has 1 unspecified atom stereocenters. The fourth-order valence-corrected chi connectivity index (χ4v) is 4.90. The van der Waals surface area contributed by atoms with Gasteiger partial charge < -0.3 is 0 Å². The molecule has 0 fully saturated rings. The summed E-state index contributed by atoms with van der Waals surface area (Å²) in [4.78, 5) is 0. The van der Waals surface area contributed by atoms with Crippen LogP contribution in [0.3, 0.4) is 0 Å². The number of aryl methyl sites for hydroxylation is 1. The van der Waals surface area contributed by atoms with Gasteiger partial charge in [0.15, 0.2) is 0 Å². The van der Waals surface area contributed by atoms with Gasteiger partial charge in [0.05, 0.1) is 0 Å². The highest BCUT2D eigenvalue weighted by atomic mass is 79.9. The zero-order valence-electron chi connectivity index (χ0n) is 14.0. The molecule has 0 aliphatic heterocycles. The van der Waals surface area contributed by atoms with E-state index in [1.807, 2.05) is 0 Å². The second kappa shape index (κ2) is 5.57. The minimum atomic E-state index is 0.271. The Labute approximate surface area is 156 Å². The van der Waals surface area contributed by atoms with Crippen molar-refractivity contribution in [2.45, 2.75) is 12.8 Å². The van der Waals surface area contributed by atoms with Gasteiger partial charge in [-0.05, 0) is 57.1 Å². The Hall–Kier alpha value is -2.38. The first-order valence-corrected chi connectivity index (χ1v) is 9.41. The van der Waals surface area contributed by atoms with E-state index < -0.39 is 0 Å². The third kappa shape index (κ3) is 2.12. The lowest BCUT2D eigenvalue weighted by Gasteiger charge is -2.20. The highest BCUT2D eigenvalue weighted by Gasteiger charge is 2.33. The van der Waals surface area contributed by atoms with Gasteiger partial charge in [-0.3, -0.25) is 0 Å². The molecule has 1 heteroatoms. The van der Waals surface area contributed by atoms with Crippen LogP contribution in [0.1, 0.15) is 28.2 Å². The van der Waals surface area contributed by atoms with E-state index in [2.05, 4.69) is 102 Å². The Morgan fingerprint density at radius 1 is 0.680 bits per heavy atom. The van der Waals surface area contributed by atoms with E-state index in [1.165, 1.54) is 48.6 Å². The third-order valence-electron chi connectivity index (χ3n) is 5.38. The molecule has 0 spiro atoms. The second-order valence-electron chi connectivity index (χ2n) is 6.74. The van der Waals surface area contributed by atoms with Crippen LogP contribution in [-0.4, -0.2) is 0 Å². The third-order valence-corrected chi connectivity index (χ3v) is 6.07. The minimum absolute atomic E-state index is 0.271. The van der Waals surface area contributed by atoms with Gasteiger partial charge in [0.1, 0.15) is 0 Å². The zero-order valence-corrected chi connectivity index (χ0v) is 15.5.